The average molecular weight is 389 g/mol. The Labute approximate surface area is 165 Å². The smallest absolute Gasteiger partial charge is 0.261 e. The van der Waals surface area contributed by atoms with Gasteiger partial charge in [-0.25, -0.2) is 0 Å². The Morgan fingerprint density at radius 1 is 1.15 bits per heavy atom. The highest BCUT2D eigenvalue weighted by atomic mass is 35.5. The summed E-state index contributed by atoms with van der Waals surface area (Å²) in [5.74, 6) is 0.0904. The molecule has 1 N–H and O–H groups in total. The Morgan fingerprint density at radius 3 is 2.30 bits per heavy atom. The molecule has 0 aliphatic heterocycles. The van der Waals surface area contributed by atoms with E-state index in [9.17, 15) is 9.59 Å². The molecule has 2 aromatic rings. The molecule has 0 fully saturated rings. The Morgan fingerprint density at radius 2 is 1.74 bits per heavy atom. The van der Waals surface area contributed by atoms with Crippen LogP contribution in [0.25, 0.3) is 0 Å². The molecule has 0 spiro atoms. The van der Waals surface area contributed by atoms with E-state index < -0.39 is 6.04 Å². The van der Waals surface area contributed by atoms with Gasteiger partial charge in [-0.1, -0.05) is 41.9 Å². The number of nitrogens with zero attached hydrogens (tertiary/aromatic N) is 1. The molecule has 0 heterocycles. The van der Waals surface area contributed by atoms with Crippen molar-refractivity contribution in [2.24, 2.45) is 0 Å². The third-order valence-electron chi connectivity index (χ3n) is 4.38. The summed E-state index contributed by atoms with van der Waals surface area (Å²) in [5, 5.41) is 3.28. The summed E-state index contributed by atoms with van der Waals surface area (Å²) >= 11 is 6.17. The molecule has 2 aromatic carbocycles. The van der Waals surface area contributed by atoms with Crippen LogP contribution in [0.4, 0.5) is 0 Å². The highest BCUT2D eigenvalue weighted by Gasteiger charge is 2.25. The van der Waals surface area contributed by atoms with Crippen molar-refractivity contribution >= 4 is 23.4 Å². The fourth-order valence-electron chi connectivity index (χ4n) is 2.79. The van der Waals surface area contributed by atoms with Gasteiger partial charge in [-0.15, -0.1) is 0 Å². The first-order chi connectivity index (χ1) is 12.8. The zero-order valence-electron chi connectivity index (χ0n) is 16.1. The van der Waals surface area contributed by atoms with Gasteiger partial charge in [0.25, 0.3) is 5.91 Å². The predicted octanol–water partition coefficient (Wildman–Crippen LogP) is 3.50. The first kappa shape index (κ1) is 20.8. The Kier molecular flexibility index (Phi) is 7.25. The van der Waals surface area contributed by atoms with E-state index in [1.165, 1.54) is 4.90 Å². The summed E-state index contributed by atoms with van der Waals surface area (Å²) in [6.07, 6.45) is 0. The zero-order chi connectivity index (χ0) is 20.0. The molecular weight excluding hydrogens is 364 g/mol. The minimum absolute atomic E-state index is 0.158. The monoisotopic (exact) mass is 388 g/mol. The van der Waals surface area contributed by atoms with Gasteiger partial charge in [0, 0.05) is 18.6 Å². The fourth-order valence-corrected chi connectivity index (χ4v) is 2.90. The lowest BCUT2D eigenvalue weighted by Crippen LogP contribution is -2.48. The van der Waals surface area contributed by atoms with Gasteiger partial charge in [0.2, 0.25) is 5.91 Å². The molecule has 0 unspecified atom stereocenters. The molecule has 0 aromatic heterocycles. The first-order valence-corrected chi connectivity index (χ1v) is 9.15. The van der Waals surface area contributed by atoms with Crippen molar-refractivity contribution in [3.63, 3.8) is 0 Å². The lowest BCUT2D eigenvalue weighted by Gasteiger charge is -2.28. The number of hydrogen-bond acceptors (Lipinski definition) is 3. The normalized spacial score (nSPS) is 11.6. The van der Waals surface area contributed by atoms with E-state index in [0.29, 0.717) is 17.3 Å². The van der Waals surface area contributed by atoms with Gasteiger partial charge >= 0.3 is 0 Å². The van der Waals surface area contributed by atoms with Crippen molar-refractivity contribution in [1.82, 2.24) is 10.2 Å². The van der Waals surface area contributed by atoms with E-state index in [4.69, 9.17) is 16.3 Å². The van der Waals surface area contributed by atoms with Crippen LogP contribution in [0.3, 0.4) is 0 Å². The molecule has 0 saturated heterocycles. The molecule has 1 atom stereocenters. The molecule has 144 valence electrons. The van der Waals surface area contributed by atoms with Gasteiger partial charge in [-0.2, -0.15) is 0 Å². The first-order valence-electron chi connectivity index (χ1n) is 8.78. The number of ether oxygens (including phenoxy) is 1. The van der Waals surface area contributed by atoms with E-state index >= 15 is 0 Å². The van der Waals surface area contributed by atoms with Crippen molar-refractivity contribution in [2.45, 2.75) is 33.4 Å². The molecule has 0 aliphatic rings. The van der Waals surface area contributed by atoms with Crippen molar-refractivity contribution < 1.29 is 14.3 Å². The Bertz CT molecular complexity index is 785. The standard InChI is InChI=1S/C21H25ClN2O3/c1-14-10-18(11-15(2)20(14)22)27-13-19(25)24(16(3)21(26)23-4)12-17-8-6-5-7-9-17/h5-11,16H,12-13H2,1-4H3,(H,23,26)/t16-/m1/s1. The van der Waals surface area contributed by atoms with E-state index in [-0.39, 0.29) is 18.4 Å². The number of nitrogens with one attached hydrogen (secondary N) is 1. The third kappa shape index (κ3) is 5.47. The summed E-state index contributed by atoms with van der Waals surface area (Å²) in [7, 11) is 1.56. The summed E-state index contributed by atoms with van der Waals surface area (Å²) in [6.45, 7) is 5.65. The van der Waals surface area contributed by atoms with Gasteiger partial charge in [0.05, 0.1) is 0 Å². The van der Waals surface area contributed by atoms with Crippen LogP contribution in [0.2, 0.25) is 5.02 Å². The lowest BCUT2D eigenvalue weighted by molar-refractivity contribution is -0.142. The Hall–Kier alpha value is -2.53. The van der Waals surface area contributed by atoms with Gasteiger partial charge in [0.1, 0.15) is 11.8 Å². The maximum Gasteiger partial charge on any atom is 0.261 e. The highest BCUT2D eigenvalue weighted by Crippen LogP contribution is 2.26. The molecule has 2 rings (SSSR count). The second kappa shape index (κ2) is 9.42. The molecule has 2 amide bonds. The van der Waals surface area contributed by atoms with Crippen LogP contribution in [0, 0.1) is 13.8 Å². The van der Waals surface area contributed by atoms with Gasteiger partial charge < -0.3 is 15.0 Å². The quantitative estimate of drug-likeness (QED) is 0.789. The van der Waals surface area contributed by atoms with Crippen molar-refractivity contribution in [3.8, 4) is 5.75 Å². The van der Waals surface area contributed by atoms with E-state index in [1.54, 1.807) is 26.1 Å². The molecule has 0 radical (unpaired) electrons. The van der Waals surface area contributed by atoms with Crippen LogP contribution < -0.4 is 10.1 Å². The number of rotatable bonds is 7. The maximum atomic E-state index is 12.8. The lowest BCUT2D eigenvalue weighted by atomic mass is 10.1. The summed E-state index contributed by atoms with van der Waals surface area (Å²) in [4.78, 5) is 26.4. The van der Waals surface area contributed by atoms with E-state index in [1.807, 2.05) is 44.2 Å². The number of amides is 2. The largest absolute Gasteiger partial charge is 0.484 e. The van der Waals surface area contributed by atoms with Crippen LogP contribution in [0.5, 0.6) is 5.75 Å². The minimum Gasteiger partial charge on any atom is -0.484 e. The van der Waals surface area contributed by atoms with Crippen molar-refractivity contribution in [3.05, 3.63) is 64.2 Å². The van der Waals surface area contributed by atoms with Crippen LogP contribution in [-0.4, -0.2) is 36.4 Å². The maximum absolute atomic E-state index is 12.8. The number of carbonyl (C=O) groups is 2. The van der Waals surface area contributed by atoms with Crippen LogP contribution >= 0.6 is 11.6 Å². The zero-order valence-corrected chi connectivity index (χ0v) is 16.8. The molecular formula is C21H25ClN2O3. The number of halogens is 1. The van der Waals surface area contributed by atoms with Crippen molar-refractivity contribution in [2.75, 3.05) is 13.7 Å². The summed E-state index contributed by atoms with van der Waals surface area (Å²) in [6, 6.07) is 12.5. The molecule has 6 heteroatoms. The number of carbonyl (C=O) groups excluding carboxylic acids is 2. The van der Waals surface area contributed by atoms with E-state index in [2.05, 4.69) is 5.32 Å². The number of benzene rings is 2. The van der Waals surface area contributed by atoms with Gasteiger partial charge in [0.15, 0.2) is 6.61 Å². The fraction of sp³-hybridized carbons (Fsp3) is 0.333. The molecule has 0 bridgehead atoms. The SMILES string of the molecule is CNC(=O)[C@@H](C)N(Cc1ccccc1)C(=O)COc1cc(C)c(Cl)c(C)c1. The van der Waals surface area contributed by atoms with E-state index in [0.717, 1.165) is 16.7 Å². The molecule has 27 heavy (non-hydrogen) atoms. The second-order valence-corrected chi connectivity index (χ2v) is 6.84. The van der Waals surface area contributed by atoms with Gasteiger partial charge in [-0.3, -0.25) is 9.59 Å². The summed E-state index contributed by atoms with van der Waals surface area (Å²) < 4.78 is 5.69. The Balaban J connectivity index is 2.14. The average Bonchev–Trinajstić information content (AvgIpc) is 2.67. The van der Waals surface area contributed by atoms with Crippen LogP contribution in [0.1, 0.15) is 23.6 Å². The van der Waals surface area contributed by atoms with Crippen molar-refractivity contribution in [1.29, 1.82) is 0 Å². The number of aryl methyl sites for hydroxylation is 2. The minimum atomic E-state index is -0.611. The predicted molar refractivity (Wildman–Crippen MR) is 107 cm³/mol. The second-order valence-electron chi connectivity index (χ2n) is 6.46. The van der Waals surface area contributed by atoms with Crippen LogP contribution in [0.15, 0.2) is 42.5 Å². The third-order valence-corrected chi connectivity index (χ3v) is 4.98. The highest BCUT2D eigenvalue weighted by molar-refractivity contribution is 6.32. The molecule has 5 nitrogen and oxygen atoms in total. The summed E-state index contributed by atoms with van der Waals surface area (Å²) in [5.41, 5.74) is 2.72. The number of hydrogen-bond donors (Lipinski definition) is 1. The molecule has 0 saturated carbocycles. The molecule has 0 aliphatic carbocycles. The van der Waals surface area contributed by atoms with Crippen LogP contribution in [-0.2, 0) is 16.1 Å². The topological polar surface area (TPSA) is 58.6 Å². The number of likely N-dealkylation sites (N-methyl/N-ethyl adjacent to an activating group) is 1. The van der Waals surface area contributed by atoms with Gasteiger partial charge in [-0.05, 0) is 49.6 Å².